The van der Waals surface area contributed by atoms with Gasteiger partial charge in [0.2, 0.25) is 0 Å². The fraction of sp³-hybridized carbons (Fsp3) is 1.00. The molecular formula is C28H54N4. The minimum Gasteiger partial charge on any atom is -0.328 e. The predicted octanol–water partition coefficient (Wildman–Crippen LogP) is 5.07. The average molecular weight is 447 g/mol. The van der Waals surface area contributed by atoms with Crippen LogP contribution in [0.25, 0.3) is 0 Å². The van der Waals surface area contributed by atoms with Crippen molar-refractivity contribution in [1.82, 2.24) is 0 Å². The van der Waals surface area contributed by atoms with Gasteiger partial charge in [0.25, 0.3) is 0 Å². The standard InChI is InChI=1S/C28H54N4/c1-28(21-6-14-25(31)15-7-21,22-8-16-26(32)17-9-22)18-27(19-2-10-23(29)11-3-19)20-4-12-24(30)13-5-20/h19-27H,2-18,29-32H2,1H3. The molecule has 0 aromatic heterocycles. The maximum absolute atomic E-state index is 6.36. The molecule has 8 N–H and O–H groups in total. The molecule has 0 bridgehead atoms. The highest BCUT2D eigenvalue weighted by Gasteiger charge is 2.47. The molecule has 0 heterocycles. The topological polar surface area (TPSA) is 104 Å². The minimum atomic E-state index is 0.436. The molecule has 4 aliphatic rings. The predicted molar refractivity (Wildman–Crippen MR) is 136 cm³/mol. The van der Waals surface area contributed by atoms with Crippen molar-refractivity contribution in [3.05, 3.63) is 0 Å². The Morgan fingerprint density at radius 1 is 0.500 bits per heavy atom. The number of nitrogens with two attached hydrogens (primary N) is 4. The van der Waals surface area contributed by atoms with Crippen LogP contribution in [0.5, 0.6) is 0 Å². The highest BCUT2D eigenvalue weighted by molar-refractivity contribution is 4.98. The summed E-state index contributed by atoms with van der Waals surface area (Å²) < 4.78 is 0. The van der Waals surface area contributed by atoms with Gasteiger partial charge in [0.05, 0.1) is 0 Å². The molecule has 186 valence electrons. The van der Waals surface area contributed by atoms with E-state index in [4.69, 9.17) is 22.9 Å². The molecule has 4 fully saturated rings. The monoisotopic (exact) mass is 446 g/mol. The van der Waals surface area contributed by atoms with Crippen molar-refractivity contribution in [2.75, 3.05) is 0 Å². The Morgan fingerprint density at radius 2 is 0.781 bits per heavy atom. The molecule has 0 saturated heterocycles. The van der Waals surface area contributed by atoms with Crippen LogP contribution in [0.2, 0.25) is 0 Å². The van der Waals surface area contributed by atoms with Gasteiger partial charge in [-0.05, 0) is 144 Å². The molecule has 4 aliphatic carbocycles. The first-order valence-electron chi connectivity index (χ1n) is 14.4. The third-order valence-electron chi connectivity index (χ3n) is 10.9. The average Bonchev–Trinajstić information content (AvgIpc) is 2.79. The summed E-state index contributed by atoms with van der Waals surface area (Å²) in [5.74, 6) is 4.32. The van der Waals surface area contributed by atoms with Crippen molar-refractivity contribution in [2.24, 2.45) is 57.9 Å². The van der Waals surface area contributed by atoms with Crippen LogP contribution in [0.15, 0.2) is 0 Å². The van der Waals surface area contributed by atoms with Gasteiger partial charge in [0.1, 0.15) is 0 Å². The first kappa shape index (κ1) is 24.9. The number of hydrogen-bond donors (Lipinski definition) is 4. The van der Waals surface area contributed by atoms with E-state index >= 15 is 0 Å². The first-order valence-corrected chi connectivity index (χ1v) is 14.4. The summed E-state index contributed by atoms with van der Waals surface area (Å²) >= 11 is 0. The largest absolute Gasteiger partial charge is 0.328 e. The lowest BCUT2D eigenvalue weighted by Crippen LogP contribution is -2.46. The van der Waals surface area contributed by atoms with E-state index < -0.39 is 0 Å². The maximum atomic E-state index is 6.36. The van der Waals surface area contributed by atoms with E-state index in [9.17, 15) is 0 Å². The summed E-state index contributed by atoms with van der Waals surface area (Å²) in [6, 6.07) is 1.76. The van der Waals surface area contributed by atoms with Gasteiger partial charge in [-0.2, -0.15) is 0 Å². The quantitative estimate of drug-likeness (QED) is 0.457. The van der Waals surface area contributed by atoms with Crippen LogP contribution < -0.4 is 22.9 Å². The Kier molecular flexibility index (Phi) is 8.62. The SMILES string of the molecule is CC(CC(C1CCC(N)CC1)C1CCC(N)CC1)(C1CCC(N)CC1)C1CCC(N)CC1. The number of rotatable bonds is 6. The molecule has 0 spiro atoms. The van der Waals surface area contributed by atoms with Crippen LogP contribution in [0.4, 0.5) is 0 Å². The Hall–Kier alpha value is -0.160. The van der Waals surface area contributed by atoms with Crippen molar-refractivity contribution >= 4 is 0 Å². The summed E-state index contributed by atoms with van der Waals surface area (Å²) in [4.78, 5) is 0. The lowest BCUT2D eigenvalue weighted by molar-refractivity contribution is -0.0190. The van der Waals surface area contributed by atoms with Crippen LogP contribution in [0.1, 0.15) is 116 Å². The fourth-order valence-corrected chi connectivity index (χ4v) is 8.60. The zero-order valence-corrected chi connectivity index (χ0v) is 21.0. The Balaban J connectivity index is 1.56. The van der Waals surface area contributed by atoms with Crippen molar-refractivity contribution in [3.8, 4) is 0 Å². The van der Waals surface area contributed by atoms with E-state index in [-0.39, 0.29) is 0 Å². The van der Waals surface area contributed by atoms with Gasteiger partial charge in [-0.15, -0.1) is 0 Å². The smallest absolute Gasteiger partial charge is 0.00390 e. The Morgan fingerprint density at radius 3 is 1.09 bits per heavy atom. The second-order valence-corrected chi connectivity index (χ2v) is 12.9. The van der Waals surface area contributed by atoms with Crippen LogP contribution in [-0.2, 0) is 0 Å². The van der Waals surface area contributed by atoms with Crippen molar-refractivity contribution in [1.29, 1.82) is 0 Å². The molecule has 0 radical (unpaired) electrons. The molecule has 4 rings (SSSR count). The molecule has 4 heteroatoms. The first-order chi connectivity index (χ1) is 15.3. The second kappa shape index (κ2) is 11.1. The lowest BCUT2D eigenvalue weighted by Gasteiger charge is -2.52. The highest BCUT2D eigenvalue weighted by atomic mass is 14.7. The zero-order valence-electron chi connectivity index (χ0n) is 21.0. The Labute approximate surface area is 198 Å². The van der Waals surface area contributed by atoms with E-state index in [1.165, 1.54) is 109 Å². The van der Waals surface area contributed by atoms with Crippen LogP contribution in [-0.4, -0.2) is 24.2 Å². The molecule has 32 heavy (non-hydrogen) atoms. The summed E-state index contributed by atoms with van der Waals surface area (Å²) in [5.41, 5.74) is 25.8. The third-order valence-corrected chi connectivity index (χ3v) is 10.9. The van der Waals surface area contributed by atoms with Gasteiger partial charge < -0.3 is 22.9 Å². The molecule has 0 atom stereocenters. The Bertz CT molecular complexity index is 504. The van der Waals surface area contributed by atoms with Gasteiger partial charge in [-0.3, -0.25) is 0 Å². The van der Waals surface area contributed by atoms with E-state index in [0.717, 1.165) is 29.6 Å². The molecular weight excluding hydrogens is 392 g/mol. The van der Waals surface area contributed by atoms with Gasteiger partial charge in [-0.1, -0.05) is 6.92 Å². The van der Waals surface area contributed by atoms with E-state index in [1.807, 2.05) is 0 Å². The summed E-state index contributed by atoms with van der Waals surface area (Å²) in [7, 11) is 0. The van der Waals surface area contributed by atoms with Gasteiger partial charge in [-0.25, -0.2) is 0 Å². The van der Waals surface area contributed by atoms with Gasteiger partial charge >= 0.3 is 0 Å². The lowest BCUT2D eigenvalue weighted by atomic mass is 9.53. The van der Waals surface area contributed by atoms with E-state index in [1.54, 1.807) is 0 Å². The van der Waals surface area contributed by atoms with Crippen molar-refractivity contribution in [3.63, 3.8) is 0 Å². The summed E-state index contributed by atoms with van der Waals surface area (Å²) in [6.45, 7) is 2.71. The summed E-state index contributed by atoms with van der Waals surface area (Å²) in [5, 5.41) is 0. The van der Waals surface area contributed by atoms with Crippen molar-refractivity contribution < 1.29 is 0 Å². The molecule has 0 aromatic rings. The maximum Gasteiger partial charge on any atom is 0.00390 e. The zero-order chi connectivity index (χ0) is 22.7. The normalized spacial score (nSPS) is 44.5. The molecule has 0 aromatic carbocycles. The van der Waals surface area contributed by atoms with Crippen molar-refractivity contribution in [2.45, 2.75) is 140 Å². The highest BCUT2D eigenvalue weighted by Crippen LogP contribution is 2.55. The minimum absolute atomic E-state index is 0.436. The molecule has 0 amide bonds. The molecule has 0 unspecified atom stereocenters. The summed E-state index contributed by atoms with van der Waals surface area (Å²) in [6.07, 6.45) is 22.1. The van der Waals surface area contributed by atoms with Crippen LogP contribution in [0.3, 0.4) is 0 Å². The van der Waals surface area contributed by atoms with E-state index in [2.05, 4.69) is 6.92 Å². The van der Waals surface area contributed by atoms with Gasteiger partial charge in [0.15, 0.2) is 0 Å². The molecule has 0 aliphatic heterocycles. The number of hydrogen-bond acceptors (Lipinski definition) is 4. The molecule has 4 saturated carbocycles. The van der Waals surface area contributed by atoms with Gasteiger partial charge in [0, 0.05) is 24.2 Å². The fourth-order valence-electron chi connectivity index (χ4n) is 8.60. The molecule has 4 nitrogen and oxygen atoms in total. The third kappa shape index (κ3) is 5.90. The van der Waals surface area contributed by atoms with Crippen LogP contribution in [0, 0.1) is 35.0 Å². The second-order valence-electron chi connectivity index (χ2n) is 12.9. The van der Waals surface area contributed by atoms with Crippen LogP contribution >= 0.6 is 0 Å². The van der Waals surface area contributed by atoms with E-state index in [0.29, 0.717) is 29.6 Å².